The van der Waals surface area contributed by atoms with Gasteiger partial charge in [0.2, 0.25) is 0 Å². The predicted octanol–water partition coefficient (Wildman–Crippen LogP) is 1.59. The minimum absolute atomic E-state index is 0.234. The summed E-state index contributed by atoms with van der Waals surface area (Å²) in [5.74, 6) is 0. The maximum absolute atomic E-state index is 11.3. The number of nitrogens with zero attached hydrogens (tertiary/aromatic N) is 2. The van der Waals surface area contributed by atoms with E-state index in [-0.39, 0.29) is 5.56 Å². The van der Waals surface area contributed by atoms with Gasteiger partial charge in [0.15, 0.2) is 0 Å². The molecule has 0 saturated heterocycles. The highest BCUT2D eigenvalue weighted by atomic mass is 79.9. The zero-order valence-corrected chi connectivity index (χ0v) is 8.65. The first-order valence-corrected chi connectivity index (χ1v) is 4.72. The van der Waals surface area contributed by atoms with Gasteiger partial charge in [-0.05, 0) is 34.1 Å². The van der Waals surface area contributed by atoms with E-state index < -0.39 is 0 Å². The number of hydrogen-bond acceptors (Lipinski definition) is 3. The maximum Gasteiger partial charge on any atom is 0.273 e. The van der Waals surface area contributed by atoms with Crippen molar-refractivity contribution in [3.63, 3.8) is 0 Å². The Morgan fingerprint density at radius 3 is 2.79 bits per heavy atom. The monoisotopic (exact) mass is 251 g/mol. The maximum atomic E-state index is 11.3. The third-order valence-corrected chi connectivity index (χ3v) is 2.20. The Morgan fingerprint density at radius 1 is 1.29 bits per heavy atom. The second kappa shape index (κ2) is 3.71. The summed E-state index contributed by atoms with van der Waals surface area (Å²) in [5, 5.41) is 5.97. The third kappa shape index (κ3) is 1.72. The second-order valence-corrected chi connectivity index (χ2v) is 3.58. The summed E-state index contributed by atoms with van der Waals surface area (Å²) in [4.78, 5) is 15.4. The van der Waals surface area contributed by atoms with Crippen LogP contribution in [0.4, 0.5) is 0 Å². The number of nitrogens with one attached hydrogen (secondary N) is 1. The van der Waals surface area contributed by atoms with E-state index in [1.54, 1.807) is 18.3 Å². The predicted molar refractivity (Wildman–Crippen MR) is 55.8 cm³/mol. The van der Waals surface area contributed by atoms with Crippen LogP contribution in [0.1, 0.15) is 0 Å². The summed E-state index contributed by atoms with van der Waals surface area (Å²) in [5.41, 5.74) is 0.923. The topological polar surface area (TPSA) is 58.6 Å². The van der Waals surface area contributed by atoms with Crippen LogP contribution in [0.2, 0.25) is 0 Å². The number of pyridine rings is 1. The SMILES string of the molecule is O=c1[nH]nccc1-c1ccc(Br)cn1. The molecule has 0 aliphatic rings. The fourth-order valence-corrected chi connectivity index (χ4v) is 1.31. The van der Waals surface area contributed by atoms with Gasteiger partial charge in [-0.3, -0.25) is 9.78 Å². The van der Waals surface area contributed by atoms with Crippen LogP contribution >= 0.6 is 15.9 Å². The lowest BCUT2D eigenvalue weighted by atomic mass is 10.2. The molecule has 2 rings (SSSR count). The minimum Gasteiger partial charge on any atom is -0.267 e. The molecule has 0 saturated carbocycles. The Morgan fingerprint density at radius 2 is 2.14 bits per heavy atom. The average Bonchev–Trinajstić information content (AvgIpc) is 2.20. The fourth-order valence-electron chi connectivity index (χ4n) is 1.08. The summed E-state index contributed by atoms with van der Waals surface area (Å²) >= 11 is 3.28. The van der Waals surface area contributed by atoms with Crippen molar-refractivity contribution in [2.45, 2.75) is 0 Å². The van der Waals surface area contributed by atoms with E-state index in [4.69, 9.17) is 0 Å². The second-order valence-electron chi connectivity index (χ2n) is 2.66. The van der Waals surface area contributed by atoms with E-state index in [1.807, 2.05) is 6.07 Å². The number of aromatic amines is 1. The number of hydrogen-bond donors (Lipinski definition) is 1. The summed E-state index contributed by atoms with van der Waals surface area (Å²) in [6.07, 6.45) is 3.18. The van der Waals surface area contributed by atoms with Gasteiger partial charge in [-0.1, -0.05) is 0 Å². The summed E-state index contributed by atoms with van der Waals surface area (Å²) in [6.45, 7) is 0. The van der Waals surface area contributed by atoms with Crippen molar-refractivity contribution in [3.05, 3.63) is 45.4 Å². The minimum atomic E-state index is -0.234. The summed E-state index contributed by atoms with van der Waals surface area (Å²) in [7, 11) is 0. The molecule has 0 aliphatic carbocycles. The van der Waals surface area contributed by atoms with E-state index in [1.165, 1.54) is 6.20 Å². The molecule has 0 atom stereocenters. The van der Waals surface area contributed by atoms with Crippen molar-refractivity contribution in [2.24, 2.45) is 0 Å². The molecule has 4 nitrogen and oxygen atoms in total. The highest BCUT2D eigenvalue weighted by Crippen LogP contribution is 2.14. The van der Waals surface area contributed by atoms with Gasteiger partial charge >= 0.3 is 0 Å². The van der Waals surface area contributed by atoms with Crippen LogP contribution in [0.15, 0.2) is 39.9 Å². The number of halogens is 1. The molecule has 0 fully saturated rings. The molecule has 2 aromatic rings. The van der Waals surface area contributed by atoms with Gasteiger partial charge in [-0.2, -0.15) is 5.10 Å². The van der Waals surface area contributed by atoms with Crippen LogP contribution in [0, 0.1) is 0 Å². The number of aromatic nitrogens is 3. The molecule has 2 aromatic heterocycles. The van der Waals surface area contributed by atoms with Crippen LogP contribution in [0.3, 0.4) is 0 Å². The Kier molecular flexibility index (Phi) is 2.41. The Balaban J connectivity index is 2.56. The summed E-state index contributed by atoms with van der Waals surface area (Å²) < 4.78 is 0.881. The Labute approximate surface area is 88.1 Å². The van der Waals surface area contributed by atoms with Gasteiger partial charge < -0.3 is 0 Å². The van der Waals surface area contributed by atoms with E-state index in [2.05, 4.69) is 31.1 Å². The van der Waals surface area contributed by atoms with Gasteiger partial charge in [0.25, 0.3) is 5.56 Å². The number of H-pyrrole nitrogens is 1. The van der Waals surface area contributed by atoms with E-state index in [0.717, 1.165) is 4.47 Å². The lowest BCUT2D eigenvalue weighted by Gasteiger charge is -1.97. The molecule has 0 unspecified atom stereocenters. The molecule has 14 heavy (non-hydrogen) atoms. The Bertz CT molecular complexity index is 492. The van der Waals surface area contributed by atoms with Gasteiger partial charge in [-0.25, -0.2) is 5.10 Å². The first-order chi connectivity index (χ1) is 6.77. The third-order valence-electron chi connectivity index (χ3n) is 1.73. The average molecular weight is 252 g/mol. The van der Waals surface area contributed by atoms with E-state index in [0.29, 0.717) is 11.3 Å². The van der Waals surface area contributed by atoms with Gasteiger partial charge in [-0.15, -0.1) is 0 Å². The number of rotatable bonds is 1. The quantitative estimate of drug-likeness (QED) is 0.838. The van der Waals surface area contributed by atoms with Gasteiger partial charge in [0.1, 0.15) is 0 Å². The molecule has 0 aliphatic heterocycles. The van der Waals surface area contributed by atoms with Crippen molar-refractivity contribution < 1.29 is 0 Å². The summed E-state index contributed by atoms with van der Waals surface area (Å²) in [6, 6.07) is 5.24. The molecule has 70 valence electrons. The van der Waals surface area contributed by atoms with E-state index >= 15 is 0 Å². The lowest BCUT2D eigenvalue weighted by molar-refractivity contribution is 0.988. The van der Waals surface area contributed by atoms with Crippen molar-refractivity contribution >= 4 is 15.9 Å². The highest BCUT2D eigenvalue weighted by Gasteiger charge is 2.02. The smallest absolute Gasteiger partial charge is 0.267 e. The van der Waals surface area contributed by atoms with Crippen molar-refractivity contribution in [1.29, 1.82) is 0 Å². The normalized spacial score (nSPS) is 10.1. The standard InChI is InChI=1S/C9H6BrN3O/c10-6-1-2-8(11-5-6)7-3-4-12-13-9(7)14/h1-5H,(H,13,14). The van der Waals surface area contributed by atoms with Crippen LogP contribution < -0.4 is 5.56 Å². The molecule has 2 heterocycles. The van der Waals surface area contributed by atoms with Gasteiger partial charge in [0.05, 0.1) is 11.3 Å². The van der Waals surface area contributed by atoms with Crippen LogP contribution in [0.25, 0.3) is 11.3 Å². The van der Waals surface area contributed by atoms with Crippen LogP contribution in [-0.4, -0.2) is 15.2 Å². The van der Waals surface area contributed by atoms with Gasteiger partial charge in [0, 0.05) is 16.9 Å². The highest BCUT2D eigenvalue weighted by molar-refractivity contribution is 9.10. The molecule has 0 aromatic carbocycles. The molecular formula is C9H6BrN3O. The van der Waals surface area contributed by atoms with Crippen molar-refractivity contribution in [1.82, 2.24) is 15.2 Å². The molecule has 0 bridgehead atoms. The van der Waals surface area contributed by atoms with E-state index in [9.17, 15) is 4.79 Å². The molecule has 1 N–H and O–H groups in total. The first-order valence-electron chi connectivity index (χ1n) is 3.93. The lowest BCUT2D eigenvalue weighted by Crippen LogP contribution is -2.10. The van der Waals surface area contributed by atoms with Crippen LogP contribution in [0.5, 0.6) is 0 Å². The van der Waals surface area contributed by atoms with Crippen molar-refractivity contribution in [2.75, 3.05) is 0 Å². The zero-order valence-electron chi connectivity index (χ0n) is 7.07. The molecule has 0 amide bonds. The molecule has 5 heteroatoms. The zero-order chi connectivity index (χ0) is 9.97. The fraction of sp³-hybridized carbons (Fsp3) is 0. The molecule has 0 radical (unpaired) electrons. The molecular weight excluding hydrogens is 246 g/mol. The van der Waals surface area contributed by atoms with Crippen LogP contribution in [-0.2, 0) is 0 Å². The Hall–Kier alpha value is -1.49. The van der Waals surface area contributed by atoms with Crippen molar-refractivity contribution in [3.8, 4) is 11.3 Å². The molecule has 0 spiro atoms. The first kappa shape index (κ1) is 9.08. The largest absolute Gasteiger partial charge is 0.273 e.